The highest BCUT2D eigenvalue weighted by atomic mass is 32.2. The Labute approximate surface area is 135 Å². The number of halogens is 1. The van der Waals surface area contributed by atoms with Gasteiger partial charge in [0.15, 0.2) is 11.9 Å². The standard InChI is InChI=1S/C17H15FO4S/c1-11-2-7-14(8-3-11)23(20,21)22-13-6-4-12-5-9-16(18)17(19)15(12)10-13/h2-4,6-8,10,16H,5,9H2,1H3/i16D. The molecular weight excluding hydrogens is 319 g/mol. The predicted molar refractivity (Wildman–Crippen MR) is 83.0 cm³/mol. The summed E-state index contributed by atoms with van der Waals surface area (Å²) < 4.78 is 50.9. The average molecular weight is 335 g/mol. The third-order valence-corrected chi connectivity index (χ3v) is 4.96. The molecule has 0 aliphatic heterocycles. The molecule has 0 saturated heterocycles. The number of hydrogen-bond donors (Lipinski definition) is 0. The Balaban J connectivity index is 1.93. The molecule has 2 aromatic carbocycles. The monoisotopic (exact) mass is 335 g/mol. The van der Waals surface area contributed by atoms with Crippen LogP contribution >= 0.6 is 0 Å². The molecule has 0 radical (unpaired) electrons. The van der Waals surface area contributed by atoms with E-state index in [1.165, 1.54) is 30.3 Å². The number of fused-ring (bicyclic) bond motifs is 1. The minimum absolute atomic E-state index is 0.00430. The van der Waals surface area contributed by atoms with Crippen molar-refractivity contribution >= 4 is 15.9 Å². The van der Waals surface area contributed by atoms with E-state index in [0.717, 1.165) is 5.56 Å². The van der Waals surface area contributed by atoms with Crippen LogP contribution in [0.25, 0.3) is 0 Å². The first-order valence-electron chi connectivity index (χ1n) is 7.57. The highest BCUT2D eigenvalue weighted by Gasteiger charge is 2.28. The van der Waals surface area contributed by atoms with Crippen LogP contribution in [0.3, 0.4) is 0 Å². The van der Waals surface area contributed by atoms with Gasteiger partial charge in [0.2, 0.25) is 0 Å². The molecule has 0 N–H and O–H groups in total. The number of carbonyl (C=O) groups excluding carboxylic acids is 1. The highest BCUT2D eigenvalue weighted by molar-refractivity contribution is 7.87. The van der Waals surface area contributed by atoms with Gasteiger partial charge in [0.1, 0.15) is 10.6 Å². The van der Waals surface area contributed by atoms with Gasteiger partial charge in [-0.2, -0.15) is 8.42 Å². The van der Waals surface area contributed by atoms with Crippen LogP contribution in [-0.2, 0) is 16.5 Å². The summed E-state index contributed by atoms with van der Waals surface area (Å²) in [7, 11) is -4.05. The molecule has 0 spiro atoms. The first-order chi connectivity index (χ1) is 11.2. The van der Waals surface area contributed by atoms with Gasteiger partial charge in [0.05, 0.1) is 1.37 Å². The Morgan fingerprint density at radius 1 is 1.22 bits per heavy atom. The van der Waals surface area contributed by atoms with Crippen LogP contribution in [0.5, 0.6) is 5.75 Å². The second-order valence-electron chi connectivity index (χ2n) is 5.40. The lowest BCUT2D eigenvalue weighted by Crippen LogP contribution is -2.23. The van der Waals surface area contributed by atoms with Gasteiger partial charge in [-0.25, -0.2) is 4.39 Å². The first kappa shape index (κ1) is 14.4. The lowest BCUT2D eigenvalue weighted by molar-refractivity contribution is 0.0856. The molecule has 3 rings (SSSR count). The zero-order chi connectivity index (χ0) is 17.5. The maximum atomic E-state index is 13.9. The lowest BCUT2D eigenvalue weighted by Gasteiger charge is -2.18. The highest BCUT2D eigenvalue weighted by Crippen LogP contribution is 2.28. The Morgan fingerprint density at radius 2 is 1.91 bits per heavy atom. The molecule has 4 nitrogen and oxygen atoms in total. The summed E-state index contributed by atoms with van der Waals surface area (Å²) in [6.45, 7) is 1.83. The average Bonchev–Trinajstić information content (AvgIpc) is 2.52. The van der Waals surface area contributed by atoms with Crippen molar-refractivity contribution in [2.75, 3.05) is 0 Å². The van der Waals surface area contributed by atoms with Gasteiger partial charge in [-0.15, -0.1) is 0 Å². The largest absolute Gasteiger partial charge is 0.379 e. The molecule has 0 bridgehead atoms. The molecule has 23 heavy (non-hydrogen) atoms. The summed E-state index contributed by atoms with van der Waals surface area (Å²) in [5, 5.41) is 0. The molecule has 6 heteroatoms. The van der Waals surface area contributed by atoms with Crippen LogP contribution in [0.4, 0.5) is 4.39 Å². The summed E-state index contributed by atoms with van der Waals surface area (Å²) in [4.78, 5) is 12.0. The molecule has 2 aromatic rings. The van der Waals surface area contributed by atoms with Gasteiger partial charge < -0.3 is 4.18 Å². The summed E-state index contributed by atoms with van der Waals surface area (Å²) >= 11 is 0. The van der Waals surface area contributed by atoms with Gasteiger partial charge in [0.25, 0.3) is 0 Å². The quantitative estimate of drug-likeness (QED) is 0.808. The molecule has 0 heterocycles. The molecule has 1 aliphatic rings. The van der Waals surface area contributed by atoms with Crippen molar-refractivity contribution in [3.8, 4) is 5.75 Å². The second-order valence-corrected chi connectivity index (χ2v) is 6.95. The molecule has 1 unspecified atom stereocenters. The number of ketones is 1. The van der Waals surface area contributed by atoms with Crippen LogP contribution in [0, 0.1) is 6.92 Å². The van der Waals surface area contributed by atoms with E-state index in [9.17, 15) is 17.6 Å². The third-order valence-electron chi connectivity index (χ3n) is 3.70. The van der Waals surface area contributed by atoms with E-state index in [1.54, 1.807) is 12.1 Å². The molecule has 1 atom stereocenters. The molecule has 0 aromatic heterocycles. The van der Waals surface area contributed by atoms with E-state index in [2.05, 4.69) is 0 Å². The Hall–Kier alpha value is -2.21. The van der Waals surface area contributed by atoms with Crippen molar-refractivity contribution < 1.29 is 23.2 Å². The van der Waals surface area contributed by atoms with E-state index in [1.807, 2.05) is 6.92 Å². The fraction of sp³-hybridized carbons (Fsp3) is 0.235. The predicted octanol–water partition coefficient (Wildman–Crippen LogP) is 3.23. The minimum atomic E-state index is -4.05. The van der Waals surface area contributed by atoms with Crippen LogP contribution in [0.15, 0.2) is 47.4 Å². The van der Waals surface area contributed by atoms with Crippen LogP contribution in [-0.4, -0.2) is 20.3 Å². The summed E-state index contributed by atoms with van der Waals surface area (Å²) in [6, 6.07) is 10.3. The zero-order valence-corrected chi connectivity index (χ0v) is 13.2. The first-order valence-corrected chi connectivity index (χ1v) is 8.48. The molecule has 0 fully saturated rings. The van der Waals surface area contributed by atoms with Gasteiger partial charge in [-0.3, -0.25) is 4.79 Å². The van der Waals surface area contributed by atoms with Gasteiger partial charge in [-0.05, 0) is 49.6 Å². The van der Waals surface area contributed by atoms with E-state index in [-0.39, 0.29) is 29.1 Å². The van der Waals surface area contributed by atoms with Crippen molar-refractivity contribution in [2.45, 2.75) is 30.8 Å². The van der Waals surface area contributed by atoms with Gasteiger partial charge in [0, 0.05) is 5.56 Å². The zero-order valence-electron chi connectivity index (χ0n) is 13.4. The number of rotatable bonds is 3. The maximum absolute atomic E-state index is 13.9. The smallest absolute Gasteiger partial charge is 0.339 e. The Morgan fingerprint density at radius 3 is 2.61 bits per heavy atom. The van der Waals surface area contributed by atoms with E-state index in [4.69, 9.17) is 5.55 Å². The van der Waals surface area contributed by atoms with E-state index >= 15 is 0 Å². The summed E-state index contributed by atoms with van der Waals surface area (Å²) in [5.41, 5.74) is 1.49. The van der Waals surface area contributed by atoms with Gasteiger partial charge >= 0.3 is 10.1 Å². The fourth-order valence-corrected chi connectivity index (χ4v) is 3.34. The molecule has 1 aliphatic carbocycles. The van der Waals surface area contributed by atoms with Crippen LogP contribution in [0.2, 0.25) is 0 Å². The van der Waals surface area contributed by atoms with Crippen molar-refractivity contribution in [3.05, 3.63) is 59.2 Å². The van der Waals surface area contributed by atoms with Gasteiger partial charge in [-0.1, -0.05) is 23.8 Å². The number of hydrogen-bond acceptors (Lipinski definition) is 4. The fourth-order valence-electron chi connectivity index (χ4n) is 2.42. The summed E-state index contributed by atoms with van der Waals surface area (Å²) in [6.07, 6.45) is -2.64. The van der Waals surface area contributed by atoms with Crippen molar-refractivity contribution in [2.24, 2.45) is 0 Å². The molecule has 0 saturated carbocycles. The maximum Gasteiger partial charge on any atom is 0.339 e. The molecular formula is C17H15FO4S. The van der Waals surface area contributed by atoms with Crippen molar-refractivity contribution in [1.82, 2.24) is 0 Å². The number of alkyl halides is 1. The lowest BCUT2D eigenvalue weighted by atomic mass is 9.89. The van der Waals surface area contributed by atoms with E-state index in [0.29, 0.717) is 5.56 Å². The topological polar surface area (TPSA) is 60.4 Å². The normalized spacial score (nSPS) is 21.5. The molecule has 120 valence electrons. The van der Waals surface area contributed by atoms with Crippen LogP contribution in [0.1, 0.15) is 29.3 Å². The second kappa shape index (κ2) is 5.77. The number of aryl methyl sites for hydroxylation is 2. The third kappa shape index (κ3) is 3.12. The number of Topliss-reactive ketones (excluding diaryl/α,β-unsaturated/α-hetero) is 1. The van der Waals surface area contributed by atoms with E-state index < -0.39 is 22.0 Å². The van der Waals surface area contributed by atoms with Crippen molar-refractivity contribution in [3.63, 3.8) is 0 Å². The Bertz CT molecular complexity index is 905. The Kier molecular flexibility index (Phi) is 3.61. The minimum Gasteiger partial charge on any atom is -0.379 e. The SMILES string of the molecule is [2H]C1(F)CCc2ccc(OS(=O)(=O)c3ccc(C)cc3)cc2C1=O. The van der Waals surface area contributed by atoms with Crippen molar-refractivity contribution in [1.29, 1.82) is 0 Å². The van der Waals surface area contributed by atoms with Crippen LogP contribution < -0.4 is 4.18 Å². The number of benzene rings is 2. The summed E-state index contributed by atoms with van der Waals surface area (Å²) in [5.74, 6) is -1.05. The molecule has 0 amide bonds. The number of carbonyl (C=O) groups is 1.